The molecule has 0 aliphatic rings. The highest BCUT2D eigenvalue weighted by Crippen LogP contribution is 2.39. The first-order valence-corrected chi connectivity index (χ1v) is 19.0. The van der Waals surface area contributed by atoms with E-state index in [-0.39, 0.29) is 0 Å². The average Bonchev–Trinajstić information content (AvgIpc) is 3.93. The molecular weight excluding hydrogens is 717 g/mol. The zero-order valence-corrected chi connectivity index (χ0v) is 30.8. The van der Waals surface area contributed by atoms with Gasteiger partial charge in [0.05, 0.1) is 33.1 Å². The molecule has 0 amide bonds. The van der Waals surface area contributed by atoms with Gasteiger partial charge in [0.25, 0.3) is 0 Å². The van der Waals surface area contributed by atoms with E-state index < -0.39 is 0 Å². The number of nitrogens with zero attached hydrogens (tertiary/aromatic N) is 10. The monoisotopic (exact) mass is 746 g/mol. The normalized spacial score (nSPS) is 11.8. The molecule has 9 heterocycles. The van der Waals surface area contributed by atoms with E-state index in [1.165, 1.54) is 0 Å². The fraction of sp³-hybridized carbons (Fsp3) is 0. The minimum Gasteiger partial charge on any atom is -0.310 e. The van der Waals surface area contributed by atoms with E-state index in [2.05, 4.69) is 158 Å². The molecule has 12 aromatic rings. The Kier molecular flexibility index (Phi) is 6.99. The van der Waals surface area contributed by atoms with Crippen LogP contribution in [0.15, 0.2) is 184 Å². The van der Waals surface area contributed by atoms with E-state index in [0.29, 0.717) is 0 Å². The van der Waals surface area contributed by atoms with Gasteiger partial charge in [-0.3, -0.25) is 29.9 Å². The molecule has 0 N–H and O–H groups in total. The van der Waals surface area contributed by atoms with E-state index >= 15 is 0 Å². The number of anilines is 3. The molecule has 3 aromatic carbocycles. The van der Waals surface area contributed by atoms with Crippen molar-refractivity contribution < 1.29 is 0 Å². The van der Waals surface area contributed by atoms with Crippen molar-refractivity contribution in [2.45, 2.75) is 0 Å². The van der Waals surface area contributed by atoms with Crippen LogP contribution in [0.25, 0.3) is 82.5 Å². The summed E-state index contributed by atoms with van der Waals surface area (Å²) < 4.78 is 6.83. The first kappa shape index (κ1) is 32.0. The zero-order valence-electron chi connectivity index (χ0n) is 30.8. The van der Waals surface area contributed by atoms with Crippen LogP contribution in [0.4, 0.5) is 17.1 Å². The first-order valence-electron chi connectivity index (χ1n) is 19.0. The highest BCUT2D eigenvalue weighted by Gasteiger charge is 2.19. The van der Waals surface area contributed by atoms with Gasteiger partial charge in [0.1, 0.15) is 0 Å². The van der Waals surface area contributed by atoms with E-state index in [1.807, 2.05) is 74.4 Å². The number of hydrogen-bond acceptors (Lipinski definition) is 7. The molecule has 58 heavy (non-hydrogen) atoms. The Morgan fingerprint density at radius 1 is 0.259 bits per heavy atom. The van der Waals surface area contributed by atoms with Crippen molar-refractivity contribution in [1.82, 2.24) is 43.6 Å². The van der Waals surface area contributed by atoms with Crippen LogP contribution in [0.1, 0.15) is 0 Å². The van der Waals surface area contributed by atoms with Crippen LogP contribution in [0, 0.1) is 0 Å². The van der Waals surface area contributed by atoms with Gasteiger partial charge in [-0.15, -0.1) is 0 Å². The molecule has 0 aliphatic carbocycles. The summed E-state index contributed by atoms with van der Waals surface area (Å²) in [6.45, 7) is 0. The predicted molar refractivity (Wildman–Crippen MR) is 231 cm³/mol. The van der Waals surface area contributed by atoms with E-state index in [0.717, 1.165) is 99.5 Å². The Hall–Kier alpha value is -8.24. The van der Waals surface area contributed by atoms with Gasteiger partial charge < -0.3 is 18.6 Å². The third-order valence-electron chi connectivity index (χ3n) is 11.2. The second-order valence-electron chi connectivity index (χ2n) is 14.2. The molecule has 0 spiro atoms. The number of rotatable bonds is 6. The molecule has 0 saturated heterocycles. The third-order valence-corrected chi connectivity index (χ3v) is 11.2. The summed E-state index contributed by atoms with van der Waals surface area (Å²) in [6, 6.07) is 38.6. The van der Waals surface area contributed by atoms with Crippen LogP contribution in [0.2, 0.25) is 0 Å². The van der Waals surface area contributed by atoms with Crippen LogP contribution in [0.5, 0.6) is 0 Å². The maximum atomic E-state index is 4.42. The summed E-state index contributed by atoms with van der Waals surface area (Å²) >= 11 is 0. The lowest BCUT2D eigenvalue weighted by atomic mass is 10.1. The van der Waals surface area contributed by atoms with Crippen molar-refractivity contribution in [2.24, 2.45) is 0 Å². The third kappa shape index (κ3) is 4.78. The molecule has 0 atom stereocenters. The van der Waals surface area contributed by atoms with Crippen LogP contribution >= 0.6 is 0 Å². The van der Waals surface area contributed by atoms with Gasteiger partial charge >= 0.3 is 0 Å². The number of pyridine rings is 6. The van der Waals surface area contributed by atoms with Crippen LogP contribution in [-0.2, 0) is 0 Å². The summed E-state index contributed by atoms with van der Waals surface area (Å²) in [4.78, 5) is 28.8. The Labute approximate surface area is 330 Å². The number of hydrogen-bond donors (Lipinski definition) is 0. The molecule has 12 rings (SSSR count). The van der Waals surface area contributed by atoms with Crippen LogP contribution in [0.3, 0.4) is 0 Å². The Morgan fingerprint density at radius 2 is 0.466 bits per heavy atom. The van der Waals surface area contributed by atoms with Crippen molar-refractivity contribution >= 4 is 82.5 Å². The predicted octanol–water partition coefficient (Wildman–Crippen LogP) is 10.8. The van der Waals surface area contributed by atoms with Crippen molar-refractivity contribution in [1.29, 1.82) is 0 Å². The molecule has 0 aliphatic heterocycles. The molecular formula is C48H30N10. The van der Waals surface area contributed by atoms with E-state index in [9.17, 15) is 0 Å². The number of aromatic nitrogens is 9. The van der Waals surface area contributed by atoms with Crippen molar-refractivity contribution in [3.05, 3.63) is 184 Å². The van der Waals surface area contributed by atoms with Crippen molar-refractivity contribution in [3.8, 4) is 17.1 Å². The molecule has 272 valence electrons. The second-order valence-corrected chi connectivity index (χ2v) is 14.2. The van der Waals surface area contributed by atoms with Gasteiger partial charge in [0.2, 0.25) is 0 Å². The van der Waals surface area contributed by atoms with Gasteiger partial charge in [-0.2, -0.15) is 0 Å². The van der Waals surface area contributed by atoms with Crippen LogP contribution < -0.4 is 4.90 Å². The summed E-state index contributed by atoms with van der Waals surface area (Å²) in [5.74, 6) is 0. The summed E-state index contributed by atoms with van der Waals surface area (Å²) in [5, 5.41) is 6.43. The fourth-order valence-electron chi connectivity index (χ4n) is 8.66. The number of fused-ring (bicyclic) bond motifs is 9. The Balaban J connectivity index is 0.996. The molecule has 0 saturated carbocycles. The zero-order chi connectivity index (χ0) is 38.2. The van der Waals surface area contributed by atoms with Gasteiger partial charge in [-0.05, 0) is 109 Å². The van der Waals surface area contributed by atoms with Crippen LogP contribution in [-0.4, -0.2) is 43.6 Å². The minimum absolute atomic E-state index is 1.02. The Morgan fingerprint density at radius 3 is 0.672 bits per heavy atom. The SMILES string of the molecule is c1cc2c(cn1)c1cnccc1n2-c1ccc(N(c2ccc(-n3c4ccncc4c4cnccc43)cc2)c2ccc(-n3c4ccncc4c4cnccc43)cc2)cc1. The quantitative estimate of drug-likeness (QED) is 0.167. The van der Waals surface area contributed by atoms with Gasteiger partial charge in [0, 0.05) is 141 Å². The molecule has 0 bridgehead atoms. The minimum atomic E-state index is 1.02. The average molecular weight is 747 g/mol. The summed E-state index contributed by atoms with van der Waals surface area (Å²) in [5.41, 5.74) is 12.7. The van der Waals surface area contributed by atoms with Gasteiger partial charge in [-0.25, -0.2) is 0 Å². The molecule has 9 aromatic heterocycles. The van der Waals surface area contributed by atoms with Gasteiger partial charge in [-0.1, -0.05) is 0 Å². The lowest BCUT2D eigenvalue weighted by Crippen LogP contribution is -2.10. The topological polar surface area (TPSA) is 95.4 Å². The molecule has 0 fully saturated rings. The molecule has 0 unspecified atom stereocenters. The molecule has 0 radical (unpaired) electrons. The van der Waals surface area contributed by atoms with E-state index in [1.54, 1.807) is 0 Å². The lowest BCUT2D eigenvalue weighted by molar-refractivity contribution is 1.15. The molecule has 10 nitrogen and oxygen atoms in total. The largest absolute Gasteiger partial charge is 0.310 e. The standard InChI is InChI=1S/C48H30N10/c1-7-34(56-43-13-19-49-25-37(43)38-26-50-20-14-44(38)56)8-2-31(1)55(32-3-9-35(10-4-32)57-45-15-21-51-27-39(45)40-28-52-22-16-46(40)57)33-5-11-36(12-6-33)58-47-17-23-53-29-41(47)42-30-54-24-18-48(42)58/h1-30H. The first-order chi connectivity index (χ1) is 28.8. The summed E-state index contributed by atoms with van der Waals surface area (Å²) in [6.07, 6.45) is 22.5. The molecule has 10 heteroatoms. The number of benzene rings is 3. The maximum Gasteiger partial charge on any atom is 0.0572 e. The maximum absolute atomic E-state index is 4.42. The van der Waals surface area contributed by atoms with Gasteiger partial charge in [0.15, 0.2) is 0 Å². The van der Waals surface area contributed by atoms with Crippen molar-refractivity contribution in [2.75, 3.05) is 4.90 Å². The lowest BCUT2D eigenvalue weighted by Gasteiger charge is -2.26. The highest BCUT2D eigenvalue weighted by atomic mass is 15.1. The van der Waals surface area contributed by atoms with E-state index in [4.69, 9.17) is 0 Å². The van der Waals surface area contributed by atoms with Crippen molar-refractivity contribution in [3.63, 3.8) is 0 Å². The second kappa shape index (κ2) is 12.7. The Bertz CT molecular complexity index is 2980. The smallest absolute Gasteiger partial charge is 0.0572 e. The highest BCUT2D eigenvalue weighted by molar-refractivity contribution is 6.10. The fourth-order valence-corrected chi connectivity index (χ4v) is 8.66. The summed E-state index contributed by atoms with van der Waals surface area (Å²) in [7, 11) is 0.